The molecular formula is C14H29N3. The van der Waals surface area contributed by atoms with Crippen molar-refractivity contribution >= 4 is 0 Å². The van der Waals surface area contributed by atoms with Crippen LogP contribution >= 0.6 is 0 Å². The molecule has 1 saturated heterocycles. The van der Waals surface area contributed by atoms with Crippen molar-refractivity contribution in [3.05, 3.63) is 0 Å². The van der Waals surface area contributed by atoms with Crippen LogP contribution in [0, 0.1) is 0 Å². The van der Waals surface area contributed by atoms with Crippen molar-refractivity contribution in [1.29, 1.82) is 0 Å². The van der Waals surface area contributed by atoms with E-state index in [1.54, 1.807) is 0 Å². The maximum Gasteiger partial charge on any atom is 0.0113 e. The monoisotopic (exact) mass is 239 g/mol. The quantitative estimate of drug-likeness (QED) is 0.785. The molecule has 0 spiro atoms. The summed E-state index contributed by atoms with van der Waals surface area (Å²) >= 11 is 0. The van der Waals surface area contributed by atoms with E-state index in [0.717, 1.165) is 6.04 Å². The van der Waals surface area contributed by atoms with Gasteiger partial charge in [0.1, 0.15) is 0 Å². The van der Waals surface area contributed by atoms with E-state index < -0.39 is 0 Å². The second kappa shape index (κ2) is 6.72. The summed E-state index contributed by atoms with van der Waals surface area (Å²) < 4.78 is 0. The molecular weight excluding hydrogens is 210 g/mol. The molecule has 0 unspecified atom stereocenters. The van der Waals surface area contributed by atoms with E-state index in [9.17, 15) is 0 Å². The molecule has 0 aromatic rings. The highest BCUT2D eigenvalue weighted by molar-refractivity contribution is 4.77. The van der Waals surface area contributed by atoms with E-state index in [2.05, 4.69) is 29.0 Å². The summed E-state index contributed by atoms with van der Waals surface area (Å²) in [5, 5.41) is 3.71. The van der Waals surface area contributed by atoms with Gasteiger partial charge in [-0.05, 0) is 26.7 Å². The van der Waals surface area contributed by atoms with Crippen molar-refractivity contribution in [2.24, 2.45) is 0 Å². The number of piperazine rings is 1. The molecule has 17 heavy (non-hydrogen) atoms. The lowest BCUT2D eigenvalue weighted by Gasteiger charge is -2.37. The third kappa shape index (κ3) is 4.23. The standard InChI is InChI=1S/C14H29N3/c1-13(2)17-11-9-16(10-12-17)8-7-15-14-5-3-4-6-14/h13-15H,3-12H2,1-2H3. The van der Waals surface area contributed by atoms with Crippen LogP contribution < -0.4 is 5.32 Å². The first kappa shape index (κ1) is 13.3. The summed E-state index contributed by atoms with van der Waals surface area (Å²) in [6, 6.07) is 1.54. The van der Waals surface area contributed by atoms with E-state index in [1.807, 2.05) is 0 Å². The summed E-state index contributed by atoms with van der Waals surface area (Å²) in [7, 11) is 0. The molecule has 1 N–H and O–H groups in total. The van der Waals surface area contributed by atoms with Crippen molar-refractivity contribution in [2.45, 2.75) is 51.6 Å². The topological polar surface area (TPSA) is 18.5 Å². The van der Waals surface area contributed by atoms with Gasteiger partial charge in [0, 0.05) is 51.4 Å². The van der Waals surface area contributed by atoms with Crippen LogP contribution in [0.3, 0.4) is 0 Å². The van der Waals surface area contributed by atoms with Crippen LogP contribution in [-0.2, 0) is 0 Å². The molecule has 3 nitrogen and oxygen atoms in total. The predicted molar refractivity (Wildman–Crippen MR) is 73.4 cm³/mol. The Kier molecular flexibility index (Phi) is 5.26. The third-order valence-corrected chi connectivity index (χ3v) is 4.35. The molecule has 2 aliphatic rings. The second-order valence-electron chi connectivity index (χ2n) is 5.91. The average molecular weight is 239 g/mol. The lowest BCUT2D eigenvalue weighted by atomic mass is 10.2. The Morgan fingerprint density at radius 1 is 1.06 bits per heavy atom. The van der Waals surface area contributed by atoms with Gasteiger partial charge in [-0.3, -0.25) is 9.80 Å². The van der Waals surface area contributed by atoms with Crippen LogP contribution in [0.1, 0.15) is 39.5 Å². The van der Waals surface area contributed by atoms with Crippen LogP contribution in [0.25, 0.3) is 0 Å². The van der Waals surface area contributed by atoms with Crippen LogP contribution in [0.2, 0.25) is 0 Å². The SMILES string of the molecule is CC(C)N1CCN(CCNC2CCCC2)CC1. The first-order valence-electron chi connectivity index (χ1n) is 7.45. The Morgan fingerprint density at radius 3 is 2.29 bits per heavy atom. The van der Waals surface area contributed by atoms with E-state index in [0.29, 0.717) is 6.04 Å². The first-order chi connectivity index (χ1) is 8.25. The van der Waals surface area contributed by atoms with Crippen molar-refractivity contribution < 1.29 is 0 Å². The summed E-state index contributed by atoms with van der Waals surface area (Å²) in [4.78, 5) is 5.20. The molecule has 1 heterocycles. The molecule has 0 bridgehead atoms. The predicted octanol–water partition coefficient (Wildman–Crippen LogP) is 1.54. The van der Waals surface area contributed by atoms with E-state index in [1.165, 1.54) is 65.0 Å². The first-order valence-corrected chi connectivity index (χ1v) is 7.45. The minimum Gasteiger partial charge on any atom is -0.313 e. The normalized spacial score (nSPS) is 24.9. The second-order valence-corrected chi connectivity index (χ2v) is 5.91. The maximum atomic E-state index is 3.71. The largest absolute Gasteiger partial charge is 0.313 e. The Morgan fingerprint density at radius 2 is 1.71 bits per heavy atom. The number of nitrogens with one attached hydrogen (secondary N) is 1. The fourth-order valence-corrected chi connectivity index (χ4v) is 3.06. The van der Waals surface area contributed by atoms with Crippen molar-refractivity contribution in [1.82, 2.24) is 15.1 Å². The summed E-state index contributed by atoms with van der Waals surface area (Å²) in [6.07, 6.45) is 5.68. The molecule has 1 saturated carbocycles. The van der Waals surface area contributed by atoms with E-state index in [4.69, 9.17) is 0 Å². The fraction of sp³-hybridized carbons (Fsp3) is 1.00. The van der Waals surface area contributed by atoms with Gasteiger partial charge in [0.05, 0.1) is 0 Å². The maximum absolute atomic E-state index is 3.71. The molecule has 3 heteroatoms. The molecule has 2 fully saturated rings. The summed E-state index contributed by atoms with van der Waals surface area (Å²) in [5.74, 6) is 0. The van der Waals surface area contributed by atoms with Gasteiger partial charge in [0.2, 0.25) is 0 Å². The van der Waals surface area contributed by atoms with Gasteiger partial charge in [0.25, 0.3) is 0 Å². The number of hydrogen-bond donors (Lipinski definition) is 1. The molecule has 0 atom stereocenters. The Bertz CT molecular complexity index is 204. The zero-order valence-corrected chi connectivity index (χ0v) is 11.6. The fourth-order valence-electron chi connectivity index (χ4n) is 3.06. The molecule has 0 aromatic heterocycles. The number of rotatable bonds is 5. The zero-order valence-electron chi connectivity index (χ0n) is 11.6. The number of nitrogens with zero attached hydrogens (tertiary/aromatic N) is 2. The third-order valence-electron chi connectivity index (χ3n) is 4.35. The van der Waals surface area contributed by atoms with E-state index in [-0.39, 0.29) is 0 Å². The minimum atomic E-state index is 0.716. The molecule has 2 rings (SSSR count). The minimum absolute atomic E-state index is 0.716. The zero-order chi connectivity index (χ0) is 12.1. The highest BCUT2D eigenvalue weighted by Gasteiger charge is 2.19. The smallest absolute Gasteiger partial charge is 0.0113 e. The molecule has 0 aromatic carbocycles. The lowest BCUT2D eigenvalue weighted by Crippen LogP contribution is -2.50. The van der Waals surface area contributed by atoms with Gasteiger partial charge in [-0.2, -0.15) is 0 Å². The summed E-state index contributed by atoms with van der Waals surface area (Å²) in [6.45, 7) is 12.0. The highest BCUT2D eigenvalue weighted by Crippen LogP contribution is 2.17. The van der Waals surface area contributed by atoms with Gasteiger partial charge < -0.3 is 5.32 Å². The summed E-state index contributed by atoms with van der Waals surface area (Å²) in [5.41, 5.74) is 0. The van der Waals surface area contributed by atoms with Crippen LogP contribution in [0.4, 0.5) is 0 Å². The van der Waals surface area contributed by atoms with Crippen molar-refractivity contribution in [2.75, 3.05) is 39.3 Å². The lowest BCUT2D eigenvalue weighted by molar-refractivity contribution is 0.108. The van der Waals surface area contributed by atoms with Crippen LogP contribution in [0.5, 0.6) is 0 Å². The van der Waals surface area contributed by atoms with Crippen molar-refractivity contribution in [3.63, 3.8) is 0 Å². The van der Waals surface area contributed by atoms with Crippen LogP contribution in [0.15, 0.2) is 0 Å². The van der Waals surface area contributed by atoms with Gasteiger partial charge in [-0.25, -0.2) is 0 Å². The molecule has 0 amide bonds. The Labute approximate surface area is 107 Å². The Balaban J connectivity index is 1.55. The Hall–Kier alpha value is -0.120. The van der Waals surface area contributed by atoms with Gasteiger partial charge in [-0.15, -0.1) is 0 Å². The average Bonchev–Trinajstić information content (AvgIpc) is 2.83. The molecule has 1 aliphatic carbocycles. The van der Waals surface area contributed by atoms with Gasteiger partial charge in [0.15, 0.2) is 0 Å². The van der Waals surface area contributed by atoms with Gasteiger partial charge in [-0.1, -0.05) is 12.8 Å². The molecule has 1 aliphatic heterocycles. The van der Waals surface area contributed by atoms with Gasteiger partial charge >= 0.3 is 0 Å². The molecule has 0 radical (unpaired) electrons. The molecule has 100 valence electrons. The highest BCUT2D eigenvalue weighted by atomic mass is 15.3. The van der Waals surface area contributed by atoms with E-state index >= 15 is 0 Å². The number of hydrogen-bond acceptors (Lipinski definition) is 3. The van der Waals surface area contributed by atoms with Crippen LogP contribution in [-0.4, -0.2) is 61.2 Å². The van der Waals surface area contributed by atoms with Crippen molar-refractivity contribution in [3.8, 4) is 0 Å².